The Balaban J connectivity index is 2.22. The fraction of sp³-hybridized carbons (Fsp3) is 0.606. The lowest BCUT2D eigenvalue weighted by Gasteiger charge is -2.28. The Hall–Kier alpha value is -4.73. The molecule has 2 rings (SSSR count). The van der Waals surface area contributed by atoms with Crippen molar-refractivity contribution in [2.24, 2.45) is 5.73 Å². The summed E-state index contributed by atoms with van der Waals surface area (Å²) in [5.74, 6) is -6.41. The molecule has 1 heterocycles. The van der Waals surface area contributed by atoms with E-state index in [4.69, 9.17) is 5.73 Å². The highest BCUT2D eigenvalue weighted by atomic mass is 16.4. The van der Waals surface area contributed by atoms with Crippen molar-refractivity contribution in [1.82, 2.24) is 37.2 Å². The fourth-order valence-electron chi connectivity index (χ4n) is 5.23. The Morgan fingerprint density at radius 2 is 1.58 bits per heavy atom. The number of carbonyl (C=O) groups excluding carboxylic acids is 6. The Morgan fingerprint density at radius 1 is 0.887 bits per heavy atom. The third kappa shape index (κ3) is 15.4. The highest BCUT2D eigenvalue weighted by Gasteiger charge is 2.34. The first-order chi connectivity index (χ1) is 25.2. The van der Waals surface area contributed by atoms with Crippen LogP contribution in [-0.2, 0) is 40.0 Å². The van der Waals surface area contributed by atoms with Crippen LogP contribution in [0.15, 0.2) is 30.3 Å². The highest BCUT2D eigenvalue weighted by Crippen LogP contribution is 2.07. The predicted octanol–water partition coefficient (Wildman–Crippen LogP) is -5.54. The van der Waals surface area contributed by atoms with Crippen LogP contribution in [0.1, 0.15) is 44.6 Å². The number of rotatable bonds is 14. The average Bonchev–Trinajstić information content (AvgIpc) is 3.13. The van der Waals surface area contributed by atoms with Gasteiger partial charge in [0.05, 0.1) is 25.9 Å². The number of amides is 6. The van der Waals surface area contributed by atoms with E-state index in [2.05, 4.69) is 37.2 Å². The van der Waals surface area contributed by atoms with Crippen LogP contribution in [0.3, 0.4) is 0 Å². The topological polar surface area (TPSA) is 331 Å². The second-order valence-electron chi connectivity index (χ2n) is 12.6. The number of carbonyl (C=O) groups is 7. The van der Waals surface area contributed by atoms with E-state index < -0.39 is 110 Å². The van der Waals surface area contributed by atoms with Gasteiger partial charge in [-0.2, -0.15) is 0 Å². The summed E-state index contributed by atoms with van der Waals surface area (Å²) in [5.41, 5.74) is 6.20. The maximum Gasteiger partial charge on any atom is 0.326 e. The van der Waals surface area contributed by atoms with Crippen molar-refractivity contribution in [3.63, 3.8) is 0 Å². The molecule has 1 unspecified atom stereocenters. The van der Waals surface area contributed by atoms with Gasteiger partial charge in [0, 0.05) is 32.0 Å². The summed E-state index contributed by atoms with van der Waals surface area (Å²) in [6.45, 7) is -1.13. The smallest absolute Gasteiger partial charge is 0.326 e. The van der Waals surface area contributed by atoms with Gasteiger partial charge in [-0.05, 0) is 38.2 Å². The van der Waals surface area contributed by atoms with Crippen molar-refractivity contribution in [3.8, 4) is 0 Å². The van der Waals surface area contributed by atoms with E-state index in [1.54, 1.807) is 30.3 Å². The molecular formula is C33H52N8O12. The van der Waals surface area contributed by atoms with Crippen molar-refractivity contribution >= 4 is 41.4 Å². The lowest BCUT2D eigenvalue weighted by molar-refractivity contribution is -0.142. The molecule has 0 aliphatic carbocycles. The third-order valence-electron chi connectivity index (χ3n) is 8.36. The number of carboxylic acid groups (broad SMARTS) is 1. The third-order valence-corrected chi connectivity index (χ3v) is 8.36. The van der Waals surface area contributed by atoms with Gasteiger partial charge in [-0.3, -0.25) is 28.8 Å². The summed E-state index contributed by atoms with van der Waals surface area (Å²) < 4.78 is 0. The van der Waals surface area contributed by atoms with Crippen molar-refractivity contribution in [2.45, 2.75) is 93.8 Å². The first kappa shape index (κ1) is 44.4. The van der Waals surface area contributed by atoms with Crippen molar-refractivity contribution < 1.29 is 59.1 Å². The monoisotopic (exact) mass is 752 g/mol. The van der Waals surface area contributed by atoms with Crippen LogP contribution in [0.4, 0.5) is 0 Å². The number of nitrogens with two attached hydrogens (primary N) is 1. The highest BCUT2D eigenvalue weighted by molar-refractivity contribution is 5.95. The molecule has 53 heavy (non-hydrogen) atoms. The summed E-state index contributed by atoms with van der Waals surface area (Å²) in [4.78, 5) is 89.5. The Kier molecular flexibility index (Phi) is 19.3. The minimum Gasteiger partial charge on any atom is -0.480 e. The Bertz CT molecular complexity index is 1380. The van der Waals surface area contributed by atoms with Crippen molar-refractivity contribution in [1.29, 1.82) is 0 Å². The van der Waals surface area contributed by atoms with Gasteiger partial charge in [-0.1, -0.05) is 30.3 Å². The van der Waals surface area contributed by atoms with Crippen molar-refractivity contribution in [3.05, 3.63) is 35.9 Å². The lowest BCUT2D eigenvalue weighted by atomic mass is 10.0. The van der Waals surface area contributed by atoms with E-state index in [0.29, 0.717) is 18.4 Å². The number of aliphatic hydroxyl groups is 4. The summed E-state index contributed by atoms with van der Waals surface area (Å²) in [6.07, 6.45) is -0.988. The summed E-state index contributed by atoms with van der Waals surface area (Å²) >= 11 is 0. The molecule has 20 nitrogen and oxygen atoms in total. The molecule has 8 atom stereocenters. The SMILES string of the molecule is CC(O)[C@@H]1NC(=O)[C@@H](NC(=O)[C@@H](N)CO)CCC(=O)NCCCC[C@@H](CN[C@@H](CO)C(=O)N[C@@H](Cc2ccccc2)C(=O)O)NC(=O)[C@H](CO)NC1=O. The molecule has 0 bridgehead atoms. The molecule has 1 aromatic carbocycles. The number of hydrogen-bond acceptors (Lipinski definition) is 13. The van der Waals surface area contributed by atoms with Gasteiger partial charge in [0.15, 0.2) is 0 Å². The van der Waals surface area contributed by atoms with E-state index in [1.807, 2.05) is 0 Å². The second kappa shape index (κ2) is 23.0. The van der Waals surface area contributed by atoms with Gasteiger partial charge in [0.25, 0.3) is 0 Å². The van der Waals surface area contributed by atoms with E-state index in [0.717, 1.165) is 0 Å². The molecule has 1 fully saturated rings. The van der Waals surface area contributed by atoms with E-state index in [9.17, 15) is 59.1 Å². The zero-order valence-electron chi connectivity index (χ0n) is 29.5. The molecular weight excluding hydrogens is 700 g/mol. The van der Waals surface area contributed by atoms with E-state index >= 15 is 0 Å². The molecule has 1 aliphatic heterocycles. The molecule has 1 saturated heterocycles. The largest absolute Gasteiger partial charge is 0.480 e. The normalized spacial score (nSPS) is 23.3. The number of aliphatic carboxylic acids is 1. The zero-order chi connectivity index (χ0) is 39.5. The van der Waals surface area contributed by atoms with Crippen LogP contribution >= 0.6 is 0 Å². The van der Waals surface area contributed by atoms with Gasteiger partial charge < -0.3 is 68.5 Å². The molecule has 0 radical (unpaired) electrons. The summed E-state index contributed by atoms with van der Waals surface area (Å²) in [7, 11) is 0. The minimum atomic E-state index is -1.69. The molecule has 20 heteroatoms. The number of benzene rings is 1. The Morgan fingerprint density at radius 3 is 2.19 bits per heavy atom. The van der Waals surface area contributed by atoms with Crippen LogP contribution in [0.2, 0.25) is 0 Å². The standard InChI is InChI=1S/C33H52N8O12/c1-18(45)27-32(51)40-25(17-44)31(50)37-20(14-36-24(16-43)30(49)39-23(33(52)53)13-19-7-3-2-4-8-19)9-5-6-12-35-26(46)11-10-22(29(48)41-27)38-28(47)21(34)15-42/h2-4,7-8,18,20-25,27,36,42-45H,5-6,9-17,34H2,1H3,(H,35,46)(H,37,50)(H,38,47)(H,39,49)(H,40,51)(H,41,48)(H,52,53)/t18?,20-,21-,22-,23-,24-,25-,27-/m0/s1. The van der Waals surface area contributed by atoms with E-state index in [1.165, 1.54) is 6.92 Å². The average molecular weight is 753 g/mol. The van der Waals surface area contributed by atoms with Gasteiger partial charge in [-0.15, -0.1) is 0 Å². The minimum absolute atomic E-state index is 0.0143. The molecule has 1 aliphatic rings. The maximum absolute atomic E-state index is 13.3. The first-order valence-electron chi connectivity index (χ1n) is 17.3. The predicted molar refractivity (Wildman–Crippen MR) is 186 cm³/mol. The molecule has 14 N–H and O–H groups in total. The number of aliphatic hydroxyl groups excluding tert-OH is 4. The lowest BCUT2D eigenvalue weighted by Crippen LogP contribution is -2.61. The van der Waals surface area contributed by atoms with Gasteiger partial charge >= 0.3 is 5.97 Å². The Labute approximate surface area is 306 Å². The van der Waals surface area contributed by atoms with Gasteiger partial charge in [0.2, 0.25) is 35.4 Å². The van der Waals surface area contributed by atoms with Crippen LogP contribution < -0.4 is 43.0 Å². The zero-order valence-corrected chi connectivity index (χ0v) is 29.5. The first-order valence-corrected chi connectivity index (χ1v) is 17.3. The molecule has 6 amide bonds. The number of hydrogen-bond donors (Lipinski definition) is 13. The van der Waals surface area contributed by atoms with Crippen LogP contribution in [0, 0.1) is 0 Å². The van der Waals surface area contributed by atoms with Crippen LogP contribution in [-0.4, -0.2) is 148 Å². The van der Waals surface area contributed by atoms with E-state index in [-0.39, 0.29) is 38.8 Å². The van der Waals surface area contributed by atoms with Gasteiger partial charge in [-0.25, -0.2) is 4.79 Å². The summed E-state index contributed by atoms with van der Waals surface area (Å²) in [6, 6.07) is -0.810. The number of carboxylic acids is 1. The second-order valence-corrected chi connectivity index (χ2v) is 12.6. The maximum atomic E-state index is 13.3. The van der Waals surface area contributed by atoms with Crippen molar-refractivity contribution in [2.75, 3.05) is 32.9 Å². The summed E-state index contributed by atoms with van der Waals surface area (Å²) in [5, 5.41) is 66.6. The quantitative estimate of drug-likeness (QED) is 0.0844. The van der Waals surface area contributed by atoms with Crippen LogP contribution in [0.25, 0.3) is 0 Å². The molecule has 0 spiro atoms. The molecule has 1 aromatic rings. The molecule has 0 aromatic heterocycles. The number of nitrogens with one attached hydrogen (secondary N) is 7. The molecule has 296 valence electrons. The van der Waals surface area contributed by atoms with Gasteiger partial charge in [0.1, 0.15) is 36.3 Å². The molecule has 0 saturated carbocycles. The van der Waals surface area contributed by atoms with Crippen LogP contribution in [0.5, 0.6) is 0 Å². The fourth-order valence-corrected chi connectivity index (χ4v) is 5.23.